The highest BCUT2D eigenvalue weighted by molar-refractivity contribution is 5.93. The Hall–Kier alpha value is -1.29. The number of amides is 1. The molecule has 1 heterocycles. The molecule has 1 amide bonds. The van der Waals surface area contributed by atoms with Gasteiger partial charge in [0.1, 0.15) is 5.69 Å². The maximum Gasteiger partial charge on any atom is 0.268 e. The van der Waals surface area contributed by atoms with E-state index in [9.17, 15) is 4.79 Å². The van der Waals surface area contributed by atoms with Crippen LogP contribution in [0.15, 0.2) is 18.3 Å². The van der Waals surface area contributed by atoms with Crippen LogP contribution >= 0.6 is 0 Å². The predicted molar refractivity (Wildman–Crippen MR) is 70.6 cm³/mol. The van der Waals surface area contributed by atoms with Gasteiger partial charge < -0.3 is 15.0 Å². The smallest absolute Gasteiger partial charge is 0.268 e. The van der Waals surface area contributed by atoms with Crippen molar-refractivity contribution in [3.05, 3.63) is 24.0 Å². The number of hydrogen-bond donors (Lipinski definition) is 2. The molecule has 1 aliphatic rings. The van der Waals surface area contributed by atoms with E-state index in [1.807, 2.05) is 32.2 Å². The van der Waals surface area contributed by atoms with Crippen molar-refractivity contribution in [2.24, 2.45) is 0 Å². The van der Waals surface area contributed by atoms with Gasteiger partial charge in [0.05, 0.1) is 0 Å². The summed E-state index contributed by atoms with van der Waals surface area (Å²) in [6, 6.07) is 4.29. The van der Waals surface area contributed by atoms with E-state index >= 15 is 0 Å². The van der Waals surface area contributed by atoms with E-state index in [1.54, 1.807) is 0 Å². The highest BCUT2D eigenvalue weighted by Crippen LogP contribution is 2.36. The van der Waals surface area contributed by atoms with Crippen molar-refractivity contribution in [3.8, 4) is 0 Å². The molecule has 0 spiro atoms. The summed E-state index contributed by atoms with van der Waals surface area (Å²) in [7, 11) is 0. The van der Waals surface area contributed by atoms with Gasteiger partial charge in [-0.2, -0.15) is 0 Å². The van der Waals surface area contributed by atoms with E-state index in [4.69, 9.17) is 5.11 Å². The Morgan fingerprint density at radius 2 is 2.33 bits per heavy atom. The fraction of sp³-hybridized carbons (Fsp3) is 0.643. The van der Waals surface area contributed by atoms with Crippen LogP contribution in [0.25, 0.3) is 0 Å². The van der Waals surface area contributed by atoms with Crippen LogP contribution < -0.4 is 5.32 Å². The van der Waals surface area contributed by atoms with E-state index in [2.05, 4.69) is 9.88 Å². The van der Waals surface area contributed by atoms with Crippen molar-refractivity contribution < 1.29 is 9.90 Å². The molecule has 4 nitrogen and oxygen atoms in total. The lowest BCUT2D eigenvalue weighted by atomic mass is 9.95. The summed E-state index contributed by atoms with van der Waals surface area (Å²) in [4.78, 5) is 12.3. The van der Waals surface area contributed by atoms with Gasteiger partial charge in [0, 0.05) is 24.4 Å². The third kappa shape index (κ3) is 2.75. The minimum atomic E-state index is -0.329. The molecule has 1 aliphatic carbocycles. The number of aliphatic hydroxyl groups is 1. The van der Waals surface area contributed by atoms with E-state index < -0.39 is 0 Å². The largest absolute Gasteiger partial charge is 0.396 e. The minimum Gasteiger partial charge on any atom is -0.396 e. The first-order chi connectivity index (χ1) is 8.59. The number of hydrogen-bond acceptors (Lipinski definition) is 2. The van der Waals surface area contributed by atoms with Crippen molar-refractivity contribution >= 4 is 5.91 Å². The van der Waals surface area contributed by atoms with Crippen molar-refractivity contribution in [2.75, 3.05) is 6.61 Å². The molecule has 0 radical (unpaired) electrons. The minimum absolute atomic E-state index is 0.0373. The Labute approximate surface area is 108 Å². The summed E-state index contributed by atoms with van der Waals surface area (Å²) in [5, 5.41) is 12.1. The average Bonchev–Trinajstić information content (AvgIpc) is 3.06. The lowest BCUT2D eigenvalue weighted by molar-refractivity contribution is 0.0876. The fourth-order valence-corrected chi connectivity index (χ4v) is 2.17. The monoisotopic (exact) mass is 250 g/mol. The highest BCUT2D eigenvalue weighted by Gasteiger charge is 2.29. The van der Waals surface area contributed by atoms with E-state index in [0.717, 1.165) is 25.0 Å². The number of carbonyl (C=O) groups excluding carboxylic acids is 1. The summed E-state index contributed by atoms with van der Waals surface area (Å²) < 4.78 is 2.06. The zero-order valence-electron chi connectivity index (χ0n) is 11.1. The van der Waals surface area contributed by atoms with Crippen molar-refractivity contribution in [2.45, 2.75) is 51.1 Å². The van der Waals surface area contributed by atoms with Gasteiger partial charge in [0.25, 0.3) is 5.91 Å². The van der Waals surface area contributed by atoms with E-state index in [1.165, 1.54) is 0 Å². The molecule has 0 saturated heterocycles. The van der Waals surface area contributed by atoms with Crippen LogP contribution in [0.5, 0.6) is 0 Å². The molecule has 1 saturated carbocycles. The van der Waals surface area contributed by atoms with Gasteiger partial charge in [0.15, 0.2) is 0 Å². The molecular weight excluding hydrogens is 228 g/mol. The second kappa shape index (κ2) is 5.14. The first kappa shape index (κ1) is 13.1. The molecule has 1 unspecified atom stereocenters. The predicted octanol–water partition coefficient (Wildman–Crippen LogP) is 2.10. The standard InChI is InChI=1S/C14H22N2O2/c1-3-14(2,8-10-17)15-13(18)12-5-4-9-16(12)11-6-7-11/h4-5,9,11,17H,3,6-8,10H2,1-2H3,(H,15,18). The Balaban J connectivity index is 2.08. The molecule has 0 aromatic carbocycles. The molecule has 1 aromatic heterocycles. The van der Waals surface area contributed by atoms with Gasteiger partial charge in [-0.3, -0.25) is 4.79 Å². The van der Waals surface area contributed by atoms with Crippen LogP contribution in [0, 0.1) is 0 Å². The van der Waals surface area contributed by atoms with E-state index in [-0.39, 0.29) is 18.1 Å². The quantitative estimate of drug-likeness (QED) is 0.812. The zero-order chi connectivity index (χ0) is 13.2. The van der Waals surface area contributed by atoms with Crippen molar-refractivity contribution in [1.82, 2.24) is 9.88 Å². The van der Waals surface area contributed by atoms with Gasteiger partial charge in [-0.25, -0.2) is 0 Å². The fourth-order valence-electron chi connectivity index (χ4n) is 2.17. The molecule has 2 N–H and O–H groups in total. The van der Waals surface area contributed by atoms with Crippen LogP contribution in [-0.2, 0) is 0 Å². The summed E-state index contributed by atoms with van der Waals surface area (Å²) in [6.07, 6.45) is 5.69. The summed E-state index contributed by atoms with van der Waals surface area (Å²) in [6.45, 7) is 4.09. The number of aromatic nitrogens is 1. The summed E-state index contributed by atoms with van der Waals surface area (Å²) in [5.41, 5.74) is 0.403. The van der Waals surface area contributed by atoms with E-state index in [0.29, 0.717) is 12.5 Å². The molecule has 18 heavy (non-hydrogen) atoms. The normalized spacial score (nSPS) is 18.4. The SMILES string of the molecule is CCC(C)(CCO)NC(=O)c1cccn1C1CC1. The maximum absolute atomic E-state index is 12.3. The highest BCUT2D eigenvalue weighted by atomic mass is 16.3. The number of carbonyl (C=O) groups is 1. The van der Waals surface area contributed by atoms with Crippen LogP contribution in [0.2, 0.25) is 0 Å². The van der Waals surface area contributed by atoms with Crippen LogP contribution in [0.3, 0.4) is 0 Å². The van der Waals surface area contributed by atoms with Crippen LogP contribution in [0.4, 0.5) is 0 Å². The van der Waals surface area contributed by atoms with Gasteiger partial charge in [-0.05, 0) is 44.7 Å². The number of nitrogens with one attached hydrogen (secondary N) is 1. The maximum atomic E-state index is 12.3. The molecule has 0 bridgehead atoms. The zero-order valence-corrected chi connectivity index (χ0v) is 11.1. The van der Waals surface area contributed by atoms with Crippen LogP contribution in [0.1, 0.15) is 56.1 Å². The molecular formula is C14H22N2O2. The number of rotatable bonds is 6. The Morgan fingerprint density at radius 3 is 2.89 bits per heavy atom. The molecule has 2 rings (SSSR count). The Morgan fingerprint density at radius 1 is 1.61 bits per heavy atom. The lowest BCUT2D eigenvalue weighted by Crippen LogP contribution is -2.46. The number of aliphatic hydroxyl groups excluding tert-OH is 1. The van der Waals surface area contributed by atoms with Gasteiger partial charge >= 0.3 is 0 Å². The van der Waals surface area contributed by atoms with Crippen LogP contribution in [-0.4, -0.2) is 27.7 Å². The third-order valence-corrected chi connectivity index (χ3v) is 3.81. The first-order valence-corrected chi connectivity index (χ1v) is 6.70. The summed E-state index contributed by atoms with van der Waals surface area (Å²) in [5.74, 6) is -0.0373. The topological polar surface area (TPSA) is 54.3 Å². The third-order valence-electron chi connectivity index (χ3n) is 3.81. The van der Waals surface area contributed by atoms with Gasteiger partial charge in [-0.15, -0.1) is 0 Å². The molecule has 1 fully saturated rings. The Bertz CT molecular complexity index is 423. The molecule has 1 atom stereocenters. The Kier molecular flexibility index (Phi) is 3.76. The second-order valence-corrected chi connectivity index (χ2v) is 5.37. The van der Waals surface area contributed by atoms with Gasteiger partial charge in [-0.1, -0.05) is 6.92 Å². The second-order valence-electron chi connectivity index (χ2n) is 5.37. The average molecular weight is 250 g/mol. The van der Waals surface area contributed by atoms with Crippen molar-refractivity contribution in [1.29, 1.82) is 0 Å². The van der Waals surface area contributed by atoms with Gasteiger partial charge in [0.2, 0.25) is 0 Å². The molecule has 0 aliphatic heterocycles. The molecule has 4 heteroatoms. The molecule has 100 valence electrons. The van der Waals surface area contributed by atoms with Crippen molar-refractivity contribution in [3.63, 3.8) is 0 Å². The molecule has 1 aromatic rings. The lowest BCUT2D eigenvalue weighted by Gasteiger charge is -2.29. The summed E-state index contributed by atoms with van der Waals surface area (Å²) >= 11 is 0. The number of nitrogens with zero attached hydrogens (tertiary/aromatic N) is 1. The first-order valence-electron chi connectivity index (χ1n) is 6.70.